The lowest BCUT2D eigenvalue weighted by Gasteiger charge is -2.18. The highest BCUT2D eigenvalue weighted by Crippen LogP contribution is 2.34. The van der Waals surface area contributed by atoms with Gasteiger partial charge in [-0.25, -0.2) is 0 Å². The van der Waals surface area contributed by atoms with Gasteiger partial charge in [0.25, 0.3) is 0 Å². The average molecular weight is 239 g/mol. The minimum absolute atomic E-state index is 0.389. The van der Waals surface area contributed by atoms with Gasteiger partial charge in [0, 0.05) is 16.0 Å². The van der Waals surface area contributed by atoms with Crippen molar-refractivity contribution in [1.82, 2.24) is 0 Å². The summed E-state index contributed by atoms with van der Waals surface area (Å²) in [6.45, 7) is 2.14. The van der Waals surface area contributed by atoms with Crippen molar-refractivity contribution in [2.45, 2.75) is 19.3 Å². The molecule has 1 aromatic carbocycles. The van der Waals surface area contributed by atoms with Gasteiger partial charge in [-0.15, -0.1) is 0 Å². The van der Waals surface area contributed by atoms with Gasteiger partial charge in [0.1, 0.15) is 0 Å². The van der Waals surface area contributed by atoms with E-state index < -0.39 is 0 Å². The number of halogens is 2. The SMILES string of the molecule is CC1=CC=CC(c2ccc(Cl)cc2Cl)C1. The van der Waals surface area contributed by atoms with Crippen molar-refractivity contribution < 1.29 is 0 Å². The van der Waals surface area contributed by atoms with Gasteiger partial charge in [-0.1, -0.05) is 53.1 Å². The van der Waals surface area contributed by atoms with E-state index in [1.54, 1.807) is 6.07 Å². The molecule has 0 saturated heterocycles. The van der Waals surface area contributed by atoms with E-state index in [1.807, 2.05) is 12.1 Å². The maximum Gasteiger partial charge on any atom is 0.0458 e. The summed E-state index contributed by atoms with van der Waals surface area (Å²) >= 11 is 12.0. The van der Waals surface area contributed by atoms with Crippen molar-refractivity contribution in [1.29, 1.82) is 0 Å². The molecule has 0 radical (unpaired) electrons. The Morgan fingerprint density at radius 3 is 2.73 bits per heavy atom. The summed E-state index contributed by atoms with van der Waals surface area (Å²) < 4.78 is 0. The Hall–Kier alpha value is -0.720. The zero-order chi connectivity index (χ0) is 10.8. The molecular weight excluding hydrogens is 227 g/mol. The van der Waals surface area contributed by atoms with Gasteiger partial charge in [-0.05, 0) is 31.0 Å². The van der Waals surface area contributed by atoms with Crippen LogP contribution in [0.15, 0.2) is 42.0 Å². The van der Waals surface area contributed by atoms with Crippen molar-refractivity contribution in [2.75, 3.05) is 0 Å². The quantitative estimate of drug-likeness (QED) is 0.648. The molecule has 0 aliphatic heterocycles. The lowest BCUT2D eigenvalue weighted by atomic mass is 9.89. The summed E-state index contributed by atoms with van der Waals surface area (Å²) in [5, 5.41) is 1.45. The number of hydrogen-bond donors (Lipinski definition) is 0. The Kier molecular flexibility index (Phi) is 3.18. The van der Waals surface area contributed by atoms with Crippen LogP contribution in [0.3, 0.4) is 0 Å². The van der Waals surface area contributed by atoms with Gasteiger partial charge < -0.3 is 0 Å². The highest BCUT2D eigenvalue weighted by atomic mass is 35.5. The molecule has 0 amide bonds. The van der Waals surface area contributed by atoms with E-state index in [1.165, 1.54) is 5.57 Å². The standard InChI is InChI=1S/C13H12Cl2/c1-9-3-2-4-10(7-9)12-6-5-11(14)8-13(12)15/h2-6,8,10H,7H2,1H3. The normalized spacial score (nSPS) is 20.2. The smallest absolute Gasteiger partial charge is 0.0458 e. The van der Waals surface area contributed by atoms with Crippen molar-refractivity contribution >= 4 is 23.2 Å². The molecule has 0 saturated carbocycles. The third kappa shape index (κ3) is 2.45. The first kappa shape index (κ1) is 10.8. The van der Waals surface area contributed by atoms with Crippen LogP contribution >= 0.6 is 23.2 Å². The molecule has 15 heavy (non-hydrogen) atoms. The van der Waals surface area contributed by atoms with E-state index in [4.69, 9.17) is 23.2 Å². The number of benzene rings is 1. The van der Waals surface area contributed by atoms with Crippen LogP contribution in [0.25, 0.3) is 0 Å². The molecule has 0 bridgehead atoms. The van der Waals surface area contributed by atoms with E-state index in [9.17, 15) is 0 Å². The summed E-state index contributed by atoms with van der Waals surface area (Å²) in [5.41, 5.74) is 2.54. The van der Waals surface area contributed by atoms with E-state index in [2.05, 4.69) is 25.2 Å². The Morgan fingerprint density at radius 2 is 2.07 bits per heavy atom. The van der Waals surface area contributed by atoms with Gasteiger partial charge in [0.2, 0.25) is 0 Å². The molecular formula is C13H12Cl2. The zero-order valence-electron chi connectivity index (χ0n) is 8.50. The fourth-order valence-corrected chi connectivity index (χ4v) is 2.40. The molecule has 0 aromatic heterocycles. The summed E-state index contributed by atoms with van der Waals surface area (Å²) in [5.74, 6) is 0.389. The summed E-state index contributed by atoms with van der Waals surface area (Å²) in [6, 6.07) is 5.71. The van der Waals surface area contributed by atoms with Crippen LogP contribution in [0.2, 0.25) is 10.0 Å². The van der Waals surface area contributed by atoms with Gasteiger partial charge in [-0.3, -0.25) is 0 Å². The monoisotopic (exact) mass is 238 g/mol. The summed E-state index contributed by atoms with van der Waals surface area (Å²) in [7, 11) is 0. The number of allylic oxidation sites excluding steroid dienone is 4. The fraction of sp³-hybridized carbons (Fsp3) is 0.231. The van der Waals surface area contributed by atoms with Crippen LogP contribution in [0.4, 0.5) is 0 Å². The topological polar surface area (TPSA) is 0 Å². The molecule has 0 fully saturated rings. The lowest BCUT2D eigenvalue weighted by Crippen LogP contribution is -2.00. The van der Waals surface area contributed by atoms with Gasteiger partial charge in [-0.2, -0.15) is 0 Å². The van der Waals surface area contributed by atoms with Crippen LogP contribution in [0.5, 0.6) is 0 Å². The largest absolute Gasteiger partial charge is 0.0843 e. The van der Waals surface area contributed by atoms with Crippen molar-refractivity contribution in [3.63, 3.8) is 0 Å². The molecule has 1 unspecified atom stereocenters. The predicted molar refractivity (Wildman–Crippen MR) is 66.7 cm³/mol. The molecule has 0 nitrogen and oxygen atoms in total. The number of rotatable bonds is 1. The Bertz CT molecular complexity index is 430. The molecule has 2 rings (SSSR count). The van der Waals surface area contributed by atoms with E-state index in [0.717, 1.165) is 17.0 Å². The Labute approximate surface area is 100 Å². The summed E-state index contributed by atoms with van der Waals surface area (Å²) in [4.78, 5) is 0. The van der Waals surface area contributed by atoms with E-state index in [0.29, 0.717) is 10.9 Å². The highest BCUT2D eigenvalue weighted by molar-refractivity contribution is 6.35. The third-order valence-corrected chi connectivity index (χ3v) is 3.19. The maximum atomic E-state index is 6.17. The van der Waals surface area contributed by atoms with Gasteiger partial charge in [0.05, 0.1) is 0 Å². The fourth-order valence-electron chi connectivity index (χ4n) is 1.85. The molecule has 1 aliphatic carbocycles. The minimum atomic E-state index is 0.389. The Morgan fingerprint density at radius 1 is 1.27 bits per heavy atom. The van der Waals surface area contributed by atoms with Crippen LogP contribution in [-0.4, -0.2) is 0 Å². The van der Waals surface area contributed by atoms with Crippen LogP contribution in [-0.2, 0) is 0 Å². The molecule has 0 spiro atoms. The first-order valence-corrected chi connectivity index (χ1v) is 5.71. The predicted octanol–water partition coefficient (Wildman–Crippen LogP) is 4.98. The van der Waals surface area contributed by atoms with Crippen LogP contribution < -0.4 is 0 Å². The van der Waals surface area contributed by atoms with Crippen molar-refractivity contribution in [2.24, 2.45) is 0 Å². The minimum Gasteiger partial charge on any atom is -0.0843 e. The Balaban J connectivity index is 2.31. The summed E-state index contributed by atoms with van der Waals surface area (Å²) in [6.07, 6.45) is 7.45. The van der Waals surface area contributed by atoms with Crippen LogP contribution in [0.1, 0.15) is 24.8 Å². The maximum absolute atomic E-state index is 6.17. The first-order valence-electron chi connectivity index (χ1n) is 4.96. The second kappa shape index (κ2) is 4.42. The second-order valence-electron chi connectivity index (χ2n) is 3.87. The molecule has 2 heteroatoms. The zero-order valence-corrected chi connectivity index (χ0v) is 10.0. The van der Waals surface area contributed by atoms with E-state index in [-0.39, 0.29) is 0 Å². The molecule has 0 heterocycles. The highest BCUT2D eigenvalue weighted by Gasteiger charge is 2.14. The lowest BCUT2D eigenvalue weighted by molar-refractivity contribution is 0.813. The van der Waals surface area contributed by atoms with Gasteiger partial charge in [0.15, 0.2) is 0 Å². The average Bonchev–Trinajstić information content (AvgIpc) is 2.17. The van der Waals surface area contributed by atoms with E-state index >= 15 is 0 Å². The van der Waals surface area contributed by atoms with Crippen LogP contribution in [0, 0.1) is 0 Å². The molecule has 0 N–H and O–H groups in total. The van der Waals surface area contributed by atoms with Crippen molar-refractivity contribution in [3.8, 4) is 0 Å². The first-order chi connectivity index (χ1) is 7.16. The molecule has 1 atom stereocenters. The van der Waals surface area contributed by atoms with Crippen molar-refractivity contribution in [3.05, 3.63) is 57.6 Å². The second-order valence-corrected chi connectivity index (χ2v) is 4.72. The third-order valence-electron chi connectivity index (χ3n) is 2.63. The van der Waals surface area contributed by atoms with Gasteiger partial charge >= 0.3 is 0 Å². The number of hydrogen-bond acceptors (Lipinski definition) is 0. The molecule has 1 aliphatic rings. The molecule has 78 valence electrons. The molecule has 1 aromatic rings.